The Morgan fingerprint density at radius 2 is 1.84 bits per heavy atom. The quantitative estimate of drug-likeness (QED) is 0.522. The Kier molecular flexibility index (Phi) is 6.06. The number of anilines is 1. The molecule has 0 spiro atoms. The Bertz CT molecular complexity index is 1230. The van der Waals surface area contributed by atoms with Gasteiger partial charge in [0.25, 0.3) is 5.91 Å². The molecule has 1 amide bonds. The highest BCUT2D eigenvalue weighted by molar-refractivity contribution is 7.89. The third-order valence-corrected chi connectivity index (χ3v) is 7.17. The smallest absolute Gasteiger partial charge is 0.298 e. The van der Waals surface area contributed by atoms with Gasteiger partial charge in [-0.15, -0.1) is 11.3 Å². The minimum absolute atomic E-state index is 0.0131. The summed E-state index contributed by atoms with van der Waals surface area (Å²) in [5, 5.41) is 2.94. The largest absolute Gasteiger partial charge is 0.416 e. The van der Waals surface area contributed by atoms with Crippen LogP contribution >= 0.6 is 11.3 Å². The van der Waals surface area contributed by atoms with Crippen molar-refractivity contribution in [3.63, 3.8) is 0 Å². The number of alkyl halides is 3. The zero-order chi connectivity index (χ0) is 22.9. The number of carbonyl (C=O) groups is 1. The average Bonchev–Trinajstić information content (AvgIpc) is 3.44. The normalized spacial score (nSPS) is 14.3. The molecule has 2 aromatic carbocycles. The molecular formula is C21H18F3N3O3S2. The molecule has 0 atom stereocenters. The minimum Gasteiger partial charge on any atom is -0.298 e. The van der Waals surface area contributed by atoms with E-state index < -0.39 is 27.7 Å². The number of hydrogen-bond donors (Lipinski definition) is 2. The van der Waals surface area contributed by atoms with Crippen LogP contribution in [0.15, 0.2) is 59.6 Å². The fraction of sp³-hybridized carbons (Fsp3) is 0.238. The van der Waals surface area contributed by atoms with Crippen LogP contribution in [0.2, 0.25) is 0 Å². The van der Waals surface area contributed by atoms with E-state index in [0.717, 1.165) is 29.9 Å². The van der Waals surface area contributed by atoms with Crippen LogP contribution in [0.25, 0.3) is 0 Å². The van der Waals surface area contributed by atoms with Gasteiger partial charge in [0.05, 0.1) is 10.5 Å². The van der Waals surface area contributed by atoms with E-state index in [9.17, 15) is 26.4 Å². The van der Waals surface area contributed by atoms with Gasteiger partial charge in [0.15, 0.2) is 5.13 Å². The van der Waals surface area contributed by atoms with Crippen LogP contribution in [0.4, 0.5) is 18.3 Å². The van der Waals surface area contributed by atoms with E-state index in [1.807, 2.05) is 0 Å². The number of benzene rings is 2. The molecule has 0 bridgehead atoms. The summed E-state index contributed by atoms with van der Waals surface area (Å²) in [6, 6.07) is 10.5. The standard InChI is InChI=1S/C21H18F3N3O3S2/c22-21(23,24)15-6-4-13(5-7-15)10-17-12-25-20(31-17)26-19(28)14-2-1-3-18(11-14)32(29,30)27-16-8-9-16/h1-7,11-12,16,27H,8-10H2,(H,25,26,28). The molecule has 1 aliphatic rings. The average molecular weight is 482 g/mol. The predicted octanol–water partition coefficient (Wildman–Crippen LogP) is 4.45. The molecule has 0 unspecified atom stereocenters. The van der Waals surface area contributed by atoms with E-state index >= 15 is 0 Å². The number of nitrogens with zero attached hydrogens (tertiary/aromatic N) is 1. The molecule has 1 aromatic heterocycles. The fourth-order valence-corrected chi connectivity index (χ4v) is 5.11. The maximum absolute atomic E-state index is 12.7. The first-order valence-corrected chi connectivity index (χ1v) is 11.9. The number of carbonyl (C=O) groups excluding carboxylic acids is 1. The Labute approximate surface area is 186 Å². The summed E-state index contributed by atoms with van der Waals surface area (Å²) < 4.78 is 65.3. The van der Waals surface area contributed by atoms with Gasteiger partial charge in [-0.2, -0.15) is 13.2 Å². The van der Waals surface area contributed by atoms with Crippen LogP contribution in [0.5, 0.6) is 0 Å². The molecule has 0 radical (unpaired) electrons. The second-order valence-electron chi connectivity index (χ2n) is 7.38. The minimum atomic E-state index is -4.38. The van der Waals surface area contributed by atoms with Gasteiger partial charge in [-0.05, 0) is 48.7 Å². The number of amides is 1. The van der Waals surface area contributed by atoms with Crippen molar-refractivity contribution >= 4 is 32.4 Å². The number of halogens is 3. The lowest BCUT2D eigenvalue weighted by Crippen LogP contribution is -2.26. The molecule has 3 aromatic rings. The van der Waals surface area contributed by atoms with Gasteiger partial charge < -0.3 is 0 Å². The van der Waals surface area contributed by atoms with E-state index in [1.54, 1.807) is 6.20 Å². The van der Waals surface area contributed by atoms with Crippen molar-refractivity contribution in [2.45, 2.75) is 36.4 Å². The monoisotopic (exact) mass is 481 g/mol. The highest BCUT2D eigenvalue weighted by Crippen LogP contribution is 2.30. The van der Waals surface area contributed by atoms with E-state index in [2.05, 4.69) is 15.0 Å². The van der Waals surface area contributed by atoms with Crippen LogP contribution in [0.3, 0.4) is 0 Å². The molecule has 168 valence electrons. The maximum atomic E-state index is 12.7. The second-order valence-corrected chi connectivity index (χ2v) is 10.2. The Morgan fingerprint density at radius 1 is 1.12 bits per heavy atom. The summed E-state index contributed by atoms with van der Waals surface area (Å²) >= 11 is 1.19. The topological polar surface area (TPSA) is 88.2 Å². The van der Waals surface area contributed by atoms with E-state index in [4.69, 9.17) is 0 Å². The fourth-order valence-electron chi connectivity index (χ4n) is 2.92. The number of rotatable bonds is 7. The zero-order valence-corrected chi connectivity index (χ0v) is 18.2. The van der Waals surface area contributed by atoms with Gasteiger partial charge in [0.2, 0.25) is 10.0 Å². The molecule has 6 nitrogen and oxygen atoms in total. The van der Waals surface area contributed by atoms with Crippen molar-refractivity contribution in [1.82, 2.24) is 9.71 Å². The van der Waals surface area contributed by atoms with Gasteiger partial charge >= 0.3 is 6.18 Å². The lowest BCUT2D eigenvalue weighted by atomic mass is 10.1. The molecule has 2 N–H and O–H groups in total. The van der Waals surface area contributed by atoms with Crippen molar-refractivity contribution in [3.8, 4) is 0 Å². The highest BCUT2D eigenvalue weighted by Gasteiger charge is 2.30. The van der Waals surface area contributed by atoms with Crippen LogP contribution < -0.4 is 10.0 Å². The lowest BCUT2D eigenvalue weighted by Gasteiger charge is -2.07. The number of aromatic nitrogens is 1. The van der Waals surface area contributed by atoms with Crippen molar-refractivity contribution in [3.05, 3.63) is 76.3 Å². The van der Waals surface area contributed by atoms with Crippen molar-refractivity contribution in [2.24, 2.45) is 0 Å². The molecule has 1 heterocycles. The van der Waals surface area contributed by atoms with E-state index in [0.29, 0.717) is 17.1 Å². The molecule has 11 heteroatoms. The summed E-state index contributed by atoms with van der Waals surface area (Å²) in [6.45, 7) is 0. The van der Waals surface area contributed by atoms with Gasteiger partial charge in [-0.25, -0.2) is 18.1 Å². The molecule has 0 saturated heterocycles. The molecule has 0 aliphatic heterocycles. The summed E-state index contributed by atoms with van der Waals surface area (Å²) in [5.74, 6) is -0.510. The van der Waals surface area contributed by atoms with E-state index in [1.165, 1.54) is 47.7 Å². The van der Waals surface area contributed by atoms with Gasteiger partial charge in [-0.1, -0.05) is 18.2 Å². The summed E-state index contributed by atoms with van der Waals surface area (Å²) in [7, 11) is -3.68. The Balaban J connectivity index is 1.41. The van der Waals surface area contributed by atoms with E-state index in [-0.39, 0.29) is 16.5 Å². The van der Waals surface area contributed by atoms with Crippen molar-refractivity contribution < 1.29 is 26.4 Å². The number of nitrogens with one attached hydrogen (secondary N) is 2. The van der Waals surface area contributed by atoms with Gasteiger partial charge in [-0.3, -0.25) is 10.1 Å². The number of sulfonamides is 1. The molecule has 1 saturated carbocycles. The summed E-state index contributed by atoms with van der Waals surface area (Å²) in [4.78, 5) is 17.5. The molecule has 32 heavy (non-hydrogen) atoms. The molecule has 1 fully saturated rings. The van der Waals surface area contributed by atoms with Crippen LogP contribution in [-0.2, 0) is 22.6 Å². The van der Waals surface area contributed by atoms with Crippen molar-refractivity contribution in [2.75, 3.05) is 5.32 Å². The third kappa shape index (κ3) is 5.53. The first-order valence-electron chi connectivity index (χ1n) is 9.65. The SMILES string of the molecule is O=C(Nc1ncc(Cc2ccc(C(F)(F)F)cc2)s1)c1cccc(S(=O)(=O)NC2CC2)c1. The number of thiazole rings is 1. The summed E-state index contributed by atoms with van der Waals surface area (Å²) in [5.41, 5.74) is 0.138. The molecule has 1 aliphatic carbocycles. The first-order chi connectivity index (χ1) is 15.1. The molecular weight excluding hydrogens is 463 g/mol. The number of hydrogen-bond acceptors (Lipinski definition) is 5. The van der Waals surface area contributed by atoms with Crippen molar-refractivity contribution in [1.29, 1.82) is 0 Å². The predicted molar refractivity (Wildman–Crippen MR) is 114 cm³/mol. The lowest BCUT2D eigenvalue weighted by molar-refractivity contribution is -0.137. The maximum Gasteiger partial charge on any atom is 0.416 e. The summed E-state index contributed by atoms with van der Waals surface area (Å²) in [6.07, 6.45) is -0.869. The first kappa shape index (κ1) is 22.4. The van der Waals surface area contributed by atoms with Gasteiger partial charge in [0, 0.05) is 29.1 Å². The third-order valence-electron chi connectivity index (χ3n) is 4.74. The highest BCUT2D eigenvalue weighted by atomic mass is 32.2. The van der Waals surface area contributed by atoms with Crippen LogP contribution in [0, 0.1) is 0 Å². The zero-order valence-electron chi connectivity index (χ0n) is 16.5. The van der Waals surface area contributed by atoms with Crippen LogP contribution in [-0.4, -0.2) is 25.4 Å². The van der Waals surface area contributed by atoms with Gasteiger partial charge in [0.1, 0.15) is 0 Å². The second kappa shape index (κ2) is 8.64. The van der Waals surface area contributed by atoms with Crippen LogP contribution in [0.1, 0.15) is 39.2 Å². The molecule has 4 rings (SSSR count). The Morgan fingerprint density at radius 3 is 2.50 bits per heavy atom. The Hall–Kier alpha value is -2.76.